The molecule has 1 aliphatic heterocycles. The highest BCUT2D eigenvalue weighted by atomic mass is 16.5. The van der Waals surface area contributed by atoms with Crippen LogP contribution in [0.5, 0.6) is 0 Å². The van der Waals surface area contributed by atoms with Crippen LogP contribution in [-0.4, -0.2) is 19.3 Å². The lowest BCUT2D eigenvalue weighted by atomic mass is 9.73. The van der Waals surface area contributed by atoms with Crippen molar-refractivity contribution in [2.24, 2.45) is 17.6 Å². The highest BCUT2D eigenvalue weighted by Gasteiger charge is 2.31. The molecule has 2 N–H and O–H groups in total. The van der Waals surface area contributed by atoms with Gasteiger partial charge in [0.05, 0.1) is 0 Å². The van der Waals surface area contributed by atoms with Gasteiger partial charge in [-0.3, -0.25) is 0 Å². The molecule has 1 aliphatic carbocycles. The highest BCUT2D eigenvalue weighted by Crippen LogP contribution is 2.34. The van der Waals surface area contributed by atoms with Crippen LogP contribution in [0.2, 0.25) is 0 Å². The van der Waals surface area contributed by atoms with Gasteiger partial charge in [-0.15, -0.1) is 0 Å². The summed E-state index contributed by atoms with van der Waals surface area (Å²) < 4.78 is 5.33. The molecule has 2 rings (SSSR count). The van der Waals surface area contributed by atoms with Crippen molar-refractivity contribution in [1.29, 1.82) is 0 Å². The molecule has 1 atom stereocenters. The van der Waals surface area contributed by atoms with Crippen LogP contribution in [0.15, 0.2) is 0 Å². The summed E-state index contributed by atoms with van der Waals surface area (Å²) in [7, 11) is 0. The van der Waals surface area contributed by atoms with E-state index in [9.17, 15) is 0 Å². The Bertz CT molecular complexity index is 139. The van der Waals surface area contributed by atoms with Gasteiger partial charge >= 0.3 is 0 Å². The monoisotopic (exact) mass is 169 g/mol. The second-order valence-corrected chi connectivity index (χ2v) is 4.22. The van der Waals surface area contributed by atoms with Gasteiger partial charge in [-0.05, 0) is 37.5 Å². The van der Waals surface area contributed by atoms with Gasteiger partial charge < -0.3 is 10.5 Å². The molecule has 1 unspecified atom stereocenters. The van der Waals surface area contributed by atoms with E-state index in [2.05, 4.69) is 0 Å². The second kappa shape index (κ2) is 3.75. The zero-order chi connectivity index (χ0) is 8.39. The van der Waals surface area contributed by atoms with Gasteiger partial charge in [-0.25, -0.2) is 0 Å². The van der Waals surface area contributed by atoms with Crippen LogP contribution in [0, 0.1) is 11.8 Å². The van der Waals surface area contributed by atoms with Gasteiger partial charge in [0.15, 0.2) is 0 Å². The fraction of sp³-hybridized carbons (Fsp3) is 1.00. The van der Waals surface area contributed by atoms with E-state index in [4.69, 9.17) is 10.5 Å². The minimum absolute atomic E-state index is 0.475. The smallest absolute Gasteiger partial charge is 0.0469 e. The van der Waals surface area contributed by atoms with Crippen molar-refractivity contribution < 1.29 is 4.74 Å². The lowest BCUT2D eigenvalue weighted by Gasteiger charge is -2.37. The molecule has 0 spiro atoms. The van der Waals surface area contributed by atoms with Crippen LogP contribution in [0.25, 0.3) is 0 Å². The lowest BCUT2D eigenvalue weighted by Crippen LogP contribution is -2.42. The van der Waals surface area contributed by atoms with Crippen LogP contribution >= 0.6 is 0 Å². The molecule has 2 aliphatic rings. The fourth-order valence-corrected chi connectivity index (χ4v) is 2.31. The van der Waals surface area contributed by atoms with Crippen molar-refractivity contribution in [1.82, 2.24) is 0 Å². The Morgan fingerprint density at radius 1 is 1.00 bits per heavy atom. The molecule has 0 aromatic carbocycles. The fourth-order valence-electron chi connectivity index (χ4n) is 2.31. The average Bonchev–Trinajstić information content (AvgIpc) is 2.03. The number of ether oxygens (including phenoxy) is 1. The summed E-state index contributed by atoms with van der Waals surface area (Å²) in [5, 5.41) is 0. The summed E-state index contributed by atoms with van der Waals surface area (Å²) in [5.74, 6) is 1.59. The van der Waals surface area contributed by atoms with Crippen molar-refractivity contribution in [3.63, 3.8) is 0 Å². The number of hydrogen-bond donors (Lipinski definition) is 1. The van der Waals surface area contributed by atoms with Gasteiger partial charge in [0.1, 0.15) is 0 Å². The van der Waals surface area contributed by atoms with Crippen LogP contribution in [0.4, 0.5) is 0 Å². The van der Waals surface area contributed by atoms with Gasteiger partial charge in [0, 0.05) is 19.3 Å². The van der Waals surface area contributed by atoms with Gasteiger partial charge in [0.25, 0.3) is 0 Å². The quantitative estimate of drug-likeness (QED) is 0.680. The van der Waals surface area contributed by atoms with E-state index in [-0.39, 0.29) is 0 Å². The van der Waals surface area contributed by atoms with Crippen molar-refractivity contribution in [2.75, 3.05) is 13.2 Å². The zero-order valence-electron chi connectivity index (χ0n) is 7.67. The van der Waals surface area contributed by atoms with Gasteiger partial charge in [0.2, 0.25) is 0 Å². The predicted octanol–water partition coefficient (Wildman–Crippen LogP) is 1.54. The molecular formula is C10H19NO. The SMILES string of the molecule is NC(C1CCC1)C1CCOCC1. The maximum absolute atomic E-state index is 6.20. The van der Waals surface area contributed by atoms with E-state index < -0.39 is 0 Å². The molecule has 0 amide bonds. The van der Waals surface area contributed by atoms with Gasteiger partial charge in [-0.1, -0.05) is 6.42 Å². The third kappa shape index (κ3) is 1.64. The minimum Gasteiger partial charge on any atom is -0.381 e. The predicted molar refractivity (Wildman–Crippen MR) is 48.9 cm³/mol. The van der Waals surface area contributed by atoms with Crippen molar-refractivity contribution in [3.05, 3.63) is 0 Å². The Morgan fingerprint density at radius 2 is 1.58 bits per heavy atom. The summed E-state index contributed by atoms with van der Waals surface area (Å²) in [4.78, 5) is 0. The average molecular weight is 169 g/mol. The van der Waals surface area contributed by atoms with Crippen molar-refractivity contribution in [2.45, 2.75) is 38.1 Å². The lowest BCUT2D eigenvalue weighted by molar-refractivity contribution is 0.0436. The summed E-state index contributed by atoms with van der Waals surface area (Å²) in [6.07, 6.45) is 6.54. The molecule has 1 heterocycles. The molecule has 1 saturated carbocycles. The number of nitrogens with two attached hydrogens (primary N) is 1. The van der Waals surface area contributed by atoms with Crippen LogP contribution in [0.1, 0.15) is 32.1 Å². The van der Waals surface area contributed by atoms with E-state index in [1.807, 2.05) is 0 Å². The Morgan fingerprint density at radius 3 is 2.08 bits per heavy atom. The Kier molecular flexibility index (Phi) is 2.66. The van der Waals surface area contributed by atoms with E-state index >= 15 is 0 Å². The molecule has 1 saturated heterocycles. The van der Waals surface area contributed by atoms with Crippen LogP contribution in [0.3, 0.4) is 0 Å². The van der Waals surface area contributed by atoms with Crippen molar-refractivity contribution >= 4 is 0 Å². The molecule has 0 aromatic rings. The minimum atomic E-state index is 0.475. The molecular weight excluding hydrogens is 150 g/mol. The Labute approximate surface area is 74.5 Å². The Balaban J connectivity index is 1.80. The summed E-state index contributed by atoms with van der Waals surface area (Å²) >= 11 is 0. The maximum Gasteiger partial charge on any atom is 0.0469 e. The normalized spacial score (nSPS) is 29.8. The molecule has 70 valence electrons. The first-order valence-corrected chi connectivity index (χ1v) is 5.21. The second-order valence-electron chi connectivity index (χ2n) is 4.22. The van der Waals surface area contributed by atoms with E-state index in [1.54, 1.807) is 0 Å². The van der Waals surface area contributed by atoms with Crippen LogP contribution in [-0.2, 0) is 4.74 Å². The molecule has 2 fully saturated rings. The molecule has 0 aromatic heterocycles. The van der Waals surface area contributed by atoms with E-state index in [0.717, 1.165) is 25.0 Å². The number of rotatable bonds is 2. The standard InChI is InChI=1S/C10H19NO/c11-10(8-2-1-3-8)9-4-6-12-7-5-9/h8-10H,1-7,11H2. The Hall–Kier alpha value is -0.0800. The zero-order valence-corrected chi connectivity index (χ0v) is 7.67. The van der Waals surface area contributed by atoms with E-state index in [1.165, 1.54) is 32.1 Å². The largest absolute Gasteiger partial charge is 0.381 e. The van der Waals surface area contributed by atoms with Crippen LogP contribution < -0.4 is 5.73 Å². The first-order valence-electron chi connectivity index (χ1n) is 5.21. The van der Waals surface area contributed by atoms with Gasteiger partial charge in [-0.2, -0.15) is 0 Å². The number of hydrogen-bond acceptors (Lipinski definition) is 2. The first kappa shape index (κ1) is 8.52. The van der Waals surface area contributed by atoms with Crippen molar-refractivity contribution in [3.8, 4) is 0 Å². The highest BCUT2D eigenvalue weighted by molar-refractivity contribution is 4.86. The topological polar surface area (TPSA) is 35.2 Å². The maximum atomic E-state index is 6.20. The molecule has 0 radical (unpaired) electrons. The summed E-state index contributed by atoms with van der Waals surface area (Å²) in [5.41, 5.74) is 6.20. The molecule has 0 bridgehead atoms. The molecule has 2 heteroatoms. The summed E-state index contributed by atoms with van der Waals surface area (Å²) in [6, 6.07) is 0.475. The molecule has 2 nitrogen and oxygen atoms in total. The molecule has 12 heavy (non-hydrogen) atoms. The third-order valence-corrected chi connectivity index (χ3v) is 3.50. The van der Waals surface area contributed by atoms with E-state index in [0.29, 0.717) is 6.04 Å². The first-order chi connectivity index (χ1) is 5.88. The summed E-state index contributed by atoms with van der Waals surface area (Å²) in [6.45, 7) is 1.87. The third-order valence-electron chi connectivity index (χ3n) is 3.50.